The normalized spacial score (nSPS) is 10.9. The molecule has 0 saturated heterocycles. The van der Waals surface area contributed by atoms with Gasteiger partial charge in [0, 0.05) is 10.4 Å². The van der Waals surface area contributed by atoms with Crippen LogP contribution in [0.4, 0.5) is 0 Å². The molecule has 0 spiro atoms. The summed E-state index contributed by atoms with van der Waals surface area (Å²) >= 11 is 9.12. The summed E-state index contributed by atoms with van der Waals surface area (Å²) in [5, 5.41) is 10.3. The number of carboxylic acids is 1. The Balaban J connectivity index is 2.31. The topological polar surface area (TPSA) is 63.3 Å². The van der Waals surface area contributed by atoms with Crippen LogP contribution in [-0.4, -0.2) is 16.1 Å². The molecule has 2 aromatic heterocycles. The number of rotatable bonds is 2. The summed E-state index contributed by atoms with van der Waals surface area (Å²) in [6.45, 7) is 0. The van der Waals surface area contributed by atoms with Gasteiger partial charge in [-0.3, -0.25) is 0 Å². The van der Waals surface area contributed by atoms with Crippen molar-refractivity contribution >= 4 is 44.4 Å². The summed E-state index contributed by atoms with van der Waals surface area (Å²) in [6.07, 6.45) is 0. The highest BCUT2D eigenvalue weighted by Gasteiger charge is 2.15. The molecule has 20 heavy (non-hydrogen) atoms. The van der Waals surface area contributed by atoms with Crippen molar-refractivity contribution in [1.29, 1.82) is 0 Å². The first-order chi connectivity index (χ1) is 9.54. The fourth-order valence-electron chi connectivity index (χ4n) is 1.95. The van der Waals surface area contributed by atoms with Crippen molar-refractivity contribution in [3.05, 3.63) is 51.7 Å². The zero-order valence-corrected chi connectivity index (χ0v) is 12.3. The molecular formula is C14H7BrClNO3. The number of carbonyl (C=O) groups is 1. The number of hydrogen-bond acceptors (Lipinski definition) is 3. The van der Waals surface area contributed by atoms with E-state index >= 15 is 0 Å². The molecule has 100 valence electrons. The molecule has 3 aromatic rings. The van der Waals surface area contributed by atoms with Gasteiger partial charge in [-0.1, -0.05) is 11.6 Å². The molecule has 0 amide bonds. The summed E-state index contributed by atoms with van der Waals surface area (Å²) in [4.78, 5) is 15.8. The summed E-state index contributed by atoms with van der Waals surface area (Å²) in [5.41, 5.74) is 1.15. The molecule has 3 rings (SSSR count). The van der Waals surface area contributed by atoms with E-state index in [1.165, 1.54) is 6.07 Å². The first-order valence-corrected chi connectivity index (χ1v) is 6.81. The van der Waals surface area contributed by atoms with Crippen LogP contribution >= 0.6 is 27.5 Å². The Morgan fingerprint density at radius 3 is 2.70 bits per heavy atom. The van der Waals surface area contributed by atoms with E-state index in [-0.39, 0.29) is 5.56 Å². The number of benzene rings is 1. The van der Waals surface area contributed by atoms with Gasteiger partial charge >= 0.3 is 5.97 Å². The Kier molecular flexibility index (Phi) is 3.23. The number of halogens is 2. The van der Waals surface area contributed by atoms with Crippen LogP contribution in [0.3, 0.4) is 0 Å². The second-order valence-electron chi connectivity index (χ2n) is 4.13. The maximum Gasteiger partial charge on any atom is 0.336 e. The van der Waals surface area contributed by atoms with E-state index in [1.807, 2.05) is 0 Å². The molecule has 0 aliphatic carbocycles. The lowest BCUT2D eigenvalue weighted by atomic mass is 10.1. The van der Waals surface area contributed by atoms with Crippen molar-refractivity contribution < 1.29 is 14.3 Å². The SMILES string of the molecule is O=C(O)c1cc(-c2ccc(Br)o2)nc2ccc(Cl)cc12. The molecule has 0 unspecified atom stereocenters. The average Bonchev–Trinajstić information content (AvgIpc) is 2.84. The zero-order valence-electron chi connectivity index (χ0n) is 9.93. The van der Waals surface area contributed by atoms with Crippen molar-refractivity contribution in [1.82, 2.24) is 4.98 Å². The third-order valence-electron chi connectivity index (χ3n) is 2.83. The highest BCUT2D eigenvalue weighted by Crippen LogP contribution is 2.29. The van der Waals surface area contributed by atoms with Crippen LogP contribution in [0.15, 0.2) is 45.5 Å². The molecule has 0 fully saturated rings. The fraction of sp³-hybridized carbons (Fsp3) is 0. The molecular weight excluding hydrogens is 346 g/mol. The first kappa shape index (κ1) is 13.1. The van der Waals surface area contributed by atoms with Crippen LogP contribution in [0, 0.1) is 0 Å². The minimum absolute atomic E-state index is 0.139. The van der Waals surface area contributed by atoms with E-state index in [2.05, 4.69) is 20.9 Å². The van der Waals surface area contributed by atoms with Crippen LogP contribution in [0.1, 0.15) is 10.4 Å². The van der Waals surface area contributed by atoms with Gasteiger partial charge in [-0.15, -0.1) is 0 Å². The van der Waals surface area contributed by atoms with Crippen molar-refractivity contribution in [3.8, 4) is 11.5 Å². The maximum absolute atomic E-state index is 11.4. The van der Waals surface area contributed by atoms with Gasteiger partial charge in [0.25, 0.3) is 0 Å². The van der Waals surface area contributed by atoms with E-state index in [9.17, 15) is 9.90 Å². The summed E-state index contributed by atoms with van der Waals surface area (Å²) in [7, 11) is 0. The Morgan fingerprint density at radius 1 is 1.25 bits per heavy atom. The first-order valence-electron chi connectivity index (χ1n) is 5.64. The van der Waals surface area contributed by atoms with Crippen LogP contribution in [-0.2, 0) is 0 Å². The number of furan rings is 1. The number of hydrogen-bond donors (Lipinski definition) is 1. The van der Waals surface area contributed by atoms with Crippen molar-refractivity contribution in [2.75, 3.05) is 0 Å². The lowest BCUT2D eigenvalue weighted by Crippen LogP contribution is -2.00. The van der Waals surface area contributed by atoms with Crippen molar-refractivity contribution in [2.45, 2.75) is 0 Å². The van der Waals surface area contributed by atoms with E-state index in [0.717, 1.165) is 0 Å². The molecule has 0 aliphatic heterocycles. The third-order valence-corrected chi connectivity index (χ3v) is 3.49. The van der Waals surface area contributed by atoms with Crippen molar-refractivity contribution in [3.63, 3.8) is 0 Å². The monoisotopic (exact) mass is 351 g/mol. The zero-order chi connectivity index (χ0) is 14.3. The van der Waals surface area contributed by atoms with Crippen molar-refractivity contribution in [2.24, 2.45) is 0 Å². The van der Waals surface area contributed by atoms with E-state index in [0.29, 0.717) is 32.0 Å². The lowest BCUT2D eigenvalue weighted by molar-refractivity contribution is 0.0699. The predicted molar refractivity (Wildman–Crippen MR) is 79.1 cm³/mol. The van der Waals surface area contributed by atoms with E-state index < -0.39 is 5.97 Å². The molecule has 0 radical (unpaired) electrons. The second kappa shape index (κ2) is 4.92. The number of carboxylic acid groups (broad SMARTS) is 1. The third kappa shape index (κ3) is 2.30. The summed E-state index contributed by atoms with van der Waals surface area (Å²) in [6, 6.07) is 9.88. The van der Waals surface area contributed by atoms with Gasteiger partial charge in [0.1, 0.15) is 5.69 Å². The summed E-state index contributed by atoms with van der Waals surface area (Å²) < 4.78 is 5.97. The largest absolute Gasteiger partial charge is 0.478 e. The molecule has 0 bridgehead atoms. The quantitative estimate of drug-likeness (QED) is 0.731. The number of aromatic carboxylic acids is 1. The van der Waals surface area contributed by atoms with Crippen LogP contribution < -0.4 is 0 Å². The summed E-state index contributed by atoms with van der Waals surface area (Å²) in [5.74, 6) is -0.539. The number of nitrogens with zero attached hydrogens (tertiary/aromatic N) is 1. The number of fused-ring (bicyclic) bond motifs is 1. The highest BCUT2D eigenvalue weighted by atomic mass is 79.9. The predicted octanol–water partition coefficient (Wildman–Crippen LogP) is 4.61. The van der Waals surface area contributed by atoms with Crippen LogP contribution in [0.5, 0.6) is 0 Å². The van der Waals surface area contributed by atoms with Gasteiger partial charge in [0.15, 0.2) is 10.4 Å². The highest BCUT2D eigenvalue weighted by molar-refractivity contribution is 9.10. The minimum Gasteiger partial charge on any atom is -0.478 e. The molecule has 0 saturated carbocycles. The molecule has 0 atom stereocenters. The second-order valence-corrected chi connectivity index (χ2v) is 5.34. The number of pyridine rings is 1. The van der Waals surface area contributed by atoms with Gasteiger partial charge in [-0.2, -0.15) is 0 Å². The Labute approximate surface area is 127 Å². The molecule has 0 aliphatic rings. The standard InChI is InChI=1S/C14H7BrClNO3/c15-13-4-3-12(20-13)11-6-9(14(18)19)8-5-7(16)1-2-10(8)17-11/h1-6H,(H,18,19). The Hall–Kier alpha value is -1.85. The molecule has 2 heterocycles. The lowest BCUT2D eigenvalue weighted by Gasteiger charge is -2.05. The van der Waals surface area contributed by atoms with Crippen LogP contribution in [0.2, 0.25) is 5.02 Å². The fourth-order valence-corrected chi connectivity index (χ4v) is 2.43. The van der Waals surface area contributed by atoms with Gasteiger partial charge in [0.2, 0.25) is 0 Å². The average molecular weight is 353 g/mol. The van der Waals surface area contributed by atoms with Gasteiger partial charge in [-0.05, 0) is 52.3 Å². The molecule has 4 nitrogen and oxygen atoms in total. The minimum atomic E-state index is -1.04. The van der Waals surface area contributed by atoms with E-state index in [4.69, 9.17) is 16.0 Å². The Morgan fingerprint density at radius 2 is 2.05 bits per heavy atom. The Bertz CT molecular complexity index is 828. The van der Waals surface area contributed by atoms with E-state index in [1.54, 1.807) is 30.3 Å². The van der Waals surface area contributed by atoms with Gasteiger partial charge in [-0.25, -0.2) is 9.78 Å². The maximum atomic E-state index is 11.4. The number of aromatic nitrogens is 1. The van der Waals surface area contributed by atoms with Gasteiger partial charge < -0.3 is 9.52 Å². The smallest absolute Gasteiger partial charge is 0.336 e. The molecule has 1 N–H and O–H groups in total. The molecule has 6 heteroatoms. The van der Waals surface area contributed by atoms with Gasteiger partial charge in [0.05, 0.1) is 11.1 Å². The van der Waals surface area contributed by atoms with Crippen LogP contribution in [0.25, 0.3) is 22.4 Å². The molecule has 1 aromatic carbocycles.